The van der Waals surface area contributed by atoms with Crippen molar-refractivity contribution in [2.24, 2.45) is 5.92 Å². The zero-order valence-electron chi connectivity index (χ0n) is 16.5. The van der Waals surface area contributed by atoms with Crippen molar-refractivity contribution in [2.45, 2.75) is 12.8 Å². The molecule has 2 aromatic rings. The van der Waals surface area contributed by atoms with Gasteiger partial charge >= 0.3 is 5.97 Å². The average Bonchev–Trinajstić information content (AvgIpc) is 2.78. The summed E-state index contributed by atoms with van der Waals surface area (Å²) in [5, 5.41) is 2.83. The number of esters is 1. The van der Waals surface area contributed by atoms with Crippen molar-refractivity contribution in [2.75, 3.05) is 32.6 Å². The number of benzene rings is 2. The highest BCUT2D eigenvalue weighted by Crippen LogP contribution is 2.23. The first-order valence-corrected chi connectivity index (χ1v) is 9.45. The fourth-order valence-electron chi connectivity index (χ4n) is 3.40. The first-order chi connectivity index (χ1) is 14.0. The number of methoxy groups -OCH3 is 2. The van der Waals surface area contributed by atoms with Crippen LogP contribution >= 0.6 is 0 Å². The maximum atomic E-state index is 12.7. The van der Waals surface area contributed by atoms with E-state index in [-0.39, 0.29) is 17.7 Å². The zero-order valence-corrected chi connectivity index (χ0v) is 16.5. The quantitative estimate of drug-likeness (QED) is 0.786. The van der Waals surface area contributed by atoms with Crippen molar-refractivity contribution in [3.05, 3.63) is 59.7 Å². The molecular weight excluding hydrogens is 372 g/mol. The van der Waals surface area contributed by atoms with E-state index in [1.165, 1.54) is 7.11 Å². The van der Waals surface area contributed by atoms with Crippen LogP contribution in [-0.4, -0.2) is 50.0 Å². The molecule has 7 heteroatoms. The van der Waals surface area contributed by atoms with Crippen molar-refractivity contribution in [1.82, 2.24) is 4.90 Å². The lowest BCUT2D eigenvalue weighted by molar-refractivity contribution is -0.121. The predicted octanol–water partition coefficient (Wildman–Crippen LogP) is 2.97. The van der Waals surface area contributed by atoms with Gasteiger partial charge in [0.25, 0.3) is 5.91 Å². The molecule has 0 unspecified atom stereocenters. The van der Waals surface area contributed by atoms with Crippen LogP contribution in [0.15, 0.2) is 48.5 Å². The van der Waals surface area contributed by atoms with Gasteiger partial charge in [-0.15, -0.1) is 0 Å². The Kier molecular flexibility index (Phi) is 6.49. The Bertz CT molecular complexity index is 904. The van der Waals surface area contributed by atoms with Crippen LogP contribution in [0.25, 0.3) is 0 Å². The van der Waals surface area contributed by atoms with Crippen LogP contribution in [0.3, 0.4) is 0 Å². The third kappa shape index (κ3) is 4.74. The molecule has 3 rings (SSSR count). The standard InChI is InChI=1S/C22H24N2O5/c1-28-17-7-5-6-16(14-17)21(26)24-12-10-15(11-13-24)20(25)23-19-9-4-3-8-18(19)22(27)29-2/h3-9,14-15H,10-13H2,1-2H3,(H,23,25). The first kappa shape index (κ1) is 20.4. The number of nitrogens with zero attached hydrogens (tertiary/aromatic N) is 1. The number of amides is 2. The van der Waals surface area contributed by atoms with E-state index >= 15 is 0 Å². The lowest BCUT2D eigenvalue weighted by Crippen LogP contribution is -2.41. The molecule has 0 aliphatic carbocycles. The summed E-state index contributed by atoms with van der Waals surface area (Å²) in [7, 11) is 2.86. The number of hydrogen-bond donors (Lipinski definition) is 1. The lowest BCUT2D eigenvalue weighted by atomic mass is 9.95. The number of nitrogens with one attached hydrogen (secondary N) is 1. The maximum absolute atomic E-state index is 12.7. The minimum atomic E-state index is -0.500. The number of para-hydroxylation sites is 1. The zero-order chi connectivity index (χ0) is 20.8. The fraction of sp³-hybridized carbons (Fsp3) is 0.318. The van der Waals surface area contributed by atoms with Crippen LogP contribution in [0.2, 0.25) is 0 Å². The molecule has 1 aliphatic heterocycles. The van der Waals surface area contributed by atoms with E-state index in [0.717, 1.165) is 0 Å². The highest BCUT2D eigenvalue weighted by atomic mass is 16.5. The molecule has 7 nitrogen and oxygen atoms in total. The number of piperidine rings is 1. The van der Waals surface area contributed by atoms with E-state index in [1.807, 2.05) is 0 Å². The van der Waals surface area contributed by atoms with Gasteiger partial charge in [0.1, 0.15) is 5.75 Å². The molecule has 1 fully saturated rings. The molecule has 1 N–H and O–H groups in total. The van der Waals surface area contributed by atoms with Gasteiger partial charge in [0, 0.05) is 24.6 Å². The fourth-order valence-corrected chi connectivity index (χ4v) is 3.40. The molecule has 1 aliphatic rings. The normalized spacial score (nSPS) is 14.2. The van der Waals surface area contributed by atoms with Gasteiger partial charge in [-0.25, -0.2) is 4.79 Å². The number of rotatable bonds is 5. The summed E-state index contributed by atoms with van der Waals surface area (Å²) in [6.45, 7) is 0.986. The number of hydrogen-bond acceptors (Lipinski definition) is 5. The minimum Gasteiger partial charge on any atom is -0.497 e. The summed E-state index contributed by atoms with van der Waals surface area (Å²) in [4.78, 5) is 39.0. The van der Waals surface area contributed by atoms with Crippen molar-refractivity contribution >= 4 is 23.5 Å². The molecule has 0 atom stereocenters. The van der Waals surface area contributed by atoms with E-state index in [4.69, 9.17) is 9.47 Å². The van der Waals surface area contributed by atoms with E-state index in [9.17, 15) is 14.4 Å². The highest BCUT2D eigenvalue weighted by Gasteiger charge is 2.28. The number of carbonyl (C=O) groups is 3. The van der Waals surface area contributed by atoms with Crippen LogP contribution < -0.4 is 10.1 Å². The SMILES string of the molecule is COC(=O)c1ccccc1NC(=O)C1CCN(C(=O)c2cccc(OC)c2)CC1. The molecule has 152 valence electrons. The van der Waals surface area contributed by atoms with Crippen LogP contribution in [0, 0.1) is 5.92 Å². The van der Waals surface area contributed by atoms with E-state index in [0.29, 0.717) is 48.5 Å². The molecular formula is C22H24N2O5. The maximum Gasteiger partial charge on any atom is 0.339 e. The van der Waals surface area contributed by atoms with Crippen LogP contribution in [-0.2, 0) is 9.53 Å². The number of ether oxygens (including phenoxy) is 2. The molecule has 2 aromatic carbocycles. The van der Waals surface area contributed by atoms with Gasteiger partial charge in [-0.2, -0.15) is 0 Å². The molecule has 0 radical (unpaired) electrons. The number of likely N-dealkylation sites (tertiary alicyclic amines) is 1. The molecule has 0 saturated carbocycles. The van der Waals surface area contributed by atoms with E-state index < -0.39 is 5.97 Å². The van der Waals surface area contributed by atoms with Gasteiger partial charge in [0.15, 0.2) is 0 Å². The van der Waals surface area contributed by atoms with Crippen molar-refractivity contribution in [3.63, 3.8) is 0 Å². The topological polar surface area (TPSA) is 84.9 Å². The Labute approximate surface area is 169 Å². The summed E-state index contributed by atoms with van der Waals surface area (Å²) in [6.07, 6.45) is 1.11. The van der Waals surface area contributed by atoms with Crippen molar-refractivity contribution in [3.8, 4) is 5.75 Å². The Morgan fingerprint density at radius 3 is 2.41 bits per heavy atom. The summed E-state index contributed by atoms with van der Waals surface area (Å²) < 4.78 is 9.94. The second kappa shape index (κ2) is 9.23. The molecule has 0 aromatic heterocycles. The summed E-state index contributed by atoms with van der Waals surface area (Å²) in [5.41, 5.74) is 1.31. The van der Waals surface area contributed by atoms with Crippen molar-refractivity contribution < 1.29 is 23.9 Å². The largest absolute Gasteiger partial charge is 0.497 e. The van der Waals surface area contributed by atoms with Crippen molar-refractivity contribution in [1.29, 1.82) is 0 Å². The average molecular weight is 396 g/mol. The third-order valence-electron chi connectivity index (χ3n) is 5.06. The number of anilines is 1. The van der Waals surface area contributed by atoms with Crippen LogP contribution in [0.5, 0.6) is 5.75 Å². The third-order valence-corrected chi connectivity index (χ3v) is 5.06. The number of carbonyl (C=O) groups excluding carboxylic acids is 3. The molecule has 0 spiro atoms. The molecule has 1 saturated heterocycles. The van der Waals surface area contributed by atoms with Gasteiger partial charge in [-0.1, -0.05) is 18.2 Å². The second-order valence-corrected chi connectivity index (χ2v) is 6.82. The Hall–Kier alpha value is -3.35. The summed E-state index contributed by atoms with van der Waals surface area (Å²) in [5.74, 6) is -0.322. The summed E-state index contributed by atoms with van der Waals surface area (Å²) in [6, 6.07) is 13.8. The van der Waals surface area contributed by atoms with Gasteiger partial charge in [0.05, 0.1) is 25.5 Å². The Balaban J connectivity index is 1.60. The Morgan fingerprint density at radius 2 is 1.72 bits per heavy atom. The van der Waals surface area contributed by atoms with Gasteiger partial charge in [-0.05, 0) is 43.2 Å². The minimum absolute atomic E-state index is 0.0706. The first-order valence-electron chi connectivity index (χ1n) is 9.45. The molecule has 1 heterocycles. The lowest BCUT2D eigenvalue weighted by Gasteiger charge is -2.31. The molecule has 0 bridgehead atoms. The van der Waals surface area contributed by atoms with Crippen LogP contribution in [0.1, 0.15) is 33.6 Å². The monoisotopic (exact) mass is 396 g/mol. The highest BCUT2D eigenvalue weighted by molar-refractivity contribution is 6.02. The molecule has 2 amide bonds. The Morgan fingerprint density at radius 1 is 1.00 bits per heavy atom. The smallest absolute Gasteiger partial charge is 0.339 e. The van der Waals surface area contributed by atoms with E-state index in [1.54, 1.807) is 60.5 Å². The molecule has 29 heavy (non-hydrogen) atoms. The second-order valence-electron chi connectivity index (χ2n) is 6.82. The predicted molar refractivity (Wildman–Crippen MR) is 108 cm³/mol. The van der Waals surface area contributed by atoms with Crippen LogP contribution in [0.4, 0.5) is 5.69 Å². The summed E-state index contributed by atoms with van der Waals surface area (Å²) >= 11 is 0. The van der Waals surface area contributed by atoms with Gasteiger partial charge < -0.3 is 19.7 Å². The van der Waals surface area contributed by atoms with Gasteiger partial charge in [0.2, 0.25) is 5.91 Å². The van der Waals surface area contributed by atoms with E-state index in [2.05, 4.69) is 5.32 Å². The van der Waals surface area contributed by atoms with Gasteiger partial charge in [-0.3, -0.25) is 9.59 Å².